The fourth-order valence-corrected chi connectivity index (χ4v) is 4.52. The maximum absolute atomic E-state index is 12.7. The van der Waals surface area contributed by atoms with Crippen LogP contribution in [0.4, 0.5) is 0 Å². The summed E-state index contributed by atoms with van der Waals surface area (Å²) >= 11 is 0. The highest BCUT2D eigenvalue weighted by atomic mass is 16.1. The number of hydrogen-bond acceptors (Lipinski definition) is 4. The zero-order valence-electron chi connectivity index (χ0n) is 26.2. The molecule has 0 fully saturated rings. The second-order valence-corrected chi connectivity index (χ2v) is 10.3. The minimum absolute atomic E-state index is 0.0100. The highest BCUT2D eigenvalue weighted by molar-refractivity contribution is 6.21. The predicted octanol–water partition coefficient (Wildman–Crippen LogP) is 9.76. The Bertz CT molecular complexity index is 1210. The van der Waals surface area contributed by atoms with Gasteiger partial charge in [0.2, 0.25) is 0 Å². The number of carbonyl (C=O) groups excluding carboxylic acids is 1. The van der Waals surface area contributed by atoms with Crippen molar-refractivity contribution in [1.82, 2.24) is 10.6 Å². The maximum atomic E-state index is 12.7. The number of nitrogens with one attached hydrogen (secondary N) is 2. The molecule has 0 spiro atoms. The van der Waals surface area contributed by atoms with Crippen LogP contribution in [-0.2, 0) is 4.79 Å². The highest BCUT2D eigenvalue weighted by Crippen LogP contribution is 2.28. The molecule has 0 aliphatic carbocycles. The van der Waals surface area contributed by atoms with Crippen LogP contribution in [0, 0.1) is 5.92 Å². The van der Waals surface area contributed by atoms with Gasteiger partial charge in [0.25, 0.3) is 0 Å². The van der Waals surface area contributed by atoms with E-state index in [1.165, 1.54) is 12.8 Å². The van der Waals surface area contributed by atoms with Gasteiger partial charge >= 0.3 is 0 Å². The molecule has 0 aliphatic heterocycles. The van der Waals surface area contributed by atoms with Crippen LogP contribution in [0.5, 0.6) is 0 Å². The molecule has 1 aromatic rings. The van der Waals surface area contributed by atoms with Crippen LogP contribution in [0.1, 0.15) is 85.6 Å². The summed E-state index contributed by atoms with van der Waals surface area (Å²) in [6.07, 6.45) is 20.5. The minimum Gasteiger partial charge on any atom is -0.362 e. The molecule has 2 N–H and O–H groups in total. The lowest BCUT2D eigenvalue weighted by molar-refractivity contribution is -0.111. The lowest BCUT2D eigenvalue weighted by atomic mass is 9.91. The van der Waals surface area contributed by atoms with E-state index in [1.807, 2.05) is 75.5 Å². The van der Waals surface area contributed by atoms with Crippen molar-refractivity contribution in [3.8, 4) is 0 Å². The molecular formula is C37H51N3O. The van der Waals surface area contributed by atoms with Crippen LogP contribution in [0.25, 0.3) is 5.57 Å². The van der Waals surface area contributed by atoms with Crippen molar-refractivity contribution < 1.29 is 4.79 Å². The quantitative estimate of drug-likeness (QED) is 0.0776. The normalized spacial score (nSPS) is 14.4. The summed E-state index contributed by atoms with van der Waals surface area (Å²) in [7, 11) is 0. The molecule has 0 saturated carbocycles. The molecule has 0 aromatic heterocycles. The lowest BCUT2D eigenvalue weighted by Gasteiger charge is -2.18. The fraction of sp³-hybridized carbons (Fsp3) is 0.351. The third kappa shape index (κ3) is 13.3. The third-order valence-corrected chi connectivity index (χ3v) is 6.71. The van der Waals surface area contributed by atoms with Crippen LogP contribution in [0.2, 0.25) is 0 Å². The molecule has 0 saturated heterocycles. The number of rotatable bonds is 19. The predicted molar refractivity (Wildman–Crippen MR) is 180 cm³/mol. The van der Waals surface area contributed by atoms with Gasteiger partial charge in [0.1, 0.15) is 0 Å². The van der Waals surface area contributed by atoms with Gasteiger partial charge in [-0.3, -0.25) is 9.79 Å². The van der Waals surface area contributed by atoms with Crippen molar-refractivity contribution in [2.24, 2.45) is 10.9 Å². The Hall–Kier alpha value is -3.92. The lowest BCUT2D eigenvalue weighted by Crippen LogP contribution is -2.14. The second kappa shape index (κ2) is 20.0. The number of allylic oxidation sites excluding steroid dienone is 8. The molecule has 0 aliphatic rings. The summed E-state index contributed by atoms with van der Waals surface area (Å²) < 4.78 is 0. The summed E-state index contributed by atoms with van der Waals surface area (Å²) in [4.78, 5) is 17.3. The number of carbonyl (C=O) groups is 1. The van der Waals surface area contributed by atoms with Crippen LogP contribution in [0.15, 0.2) is 126 Å². The van der Waals surface area contributed by atoms with Crippen LogP contribution < -0.4 is 10.6 Å². The van der Waals surface area contributed by atoms with Gasteiger partial charge in [0, 0.05) is 34.6 Å². The smallest absolute Gasteiger partial charge is 0.160 e. The van der Waals surface area contributed by atoms with Crippen molar-refractivity contribution in [2.45, 2.75) is 80.1 Å². The molecule has 220 valence electrons. The minimum atomic E-state index is 0.0100. The standard InChI is InChI=1S/C37H51N3O/c1-10-14-15-16-18-21-28(5)24-25-34(11-2)39-27-30(7)40-29(6)26-36(38-13-4)35(12-3)31(8)37(32(9)41)33-22-19-17-20-23-33/h11-13,15-17,19-20,22-23,26-28,38,40H,2,4,6,10,14,18,21,24-25H2,1,3,5,7-9H3/b16-15?,30-27+,35-12-,36-26+,37-31-,39-34?. The van der Waals surface area contributed by atoms with E-state index >= 15 is 0 Å². The van der Waals surface area contributed by atoms with E-state index in [1.54, 1.807) is 13.1 Å². The Balaban J connectivity index is 3.02. The molecule has 4 nitrogen and oxygen atoms in total. The topological polar surface area (TPSA) is 53.5 Å². The first-order chi connectivity index (χ1) is 19.7. The van der Waals surface area contributed by atoms with E-state index in [-0.39, 0.29) is 5.78 Å². The van der Waals surface area contributed by atoms with Gasteiger partial charge < -0.3 is 10.6 Å². The Morgan fingerprint density at radius 2 is 1.73 bits per heavy atom. The molecule has 1 unspecified atom stereocenters. The Morgan fingerprint density at radius 3 is 2.32 bits per heavy atom. The van der Waals surface area contributed by atoms with Gasteiger partial charge in [-0.15, -0.1) is 0 Å². The molecule has 1 atom stereocenters. The van der Waals surface area contributed by atoms with Gasteiger partial charge in [-0.05, 0) is 101 Å². The first-order valence-corrected chi connectivity index (χ1v) is 14.7. The van der Waals surface area contributed by atoms with Gasteiger partial charge in [0.15, 0.2) is 5.78 Å². The Kier molecular flexibility index (Phi) is 17.2. The van der Waals surface area contributed by atoms with Crippen LogP contribution >= 0.6 is 0 Å². The molecule has 0 heterocycles. The molecular weight excluding hydrogens is 502 g/mol. The fourth-order valence-electron chi connectivity index (χ4n) is 4.52. The monoisotopic (exact) mass is 553 g/mol. The van der Waals surface area contributed by atoms with E-state index < -0.39 is 0 Å². The van der Waals surface area contributed by atoms with E-state index in [9.17, 15) is 4.79 Å². The summed E-state index contributed by atoms with van der Waals surface area (Å²) in [6.45, 7) is 24.0. The maximum Gasteiger partial charge on any atom is 0.160 e. The Labute approximate surface area is 249 Å². The molecule has 0 amide bonds. The van der Waals surface area contributed by atoms with E-state index in [0.29, 0.717) is 17.2 Å². The van der Waals surface area contributed by atoms with Crippen molar-refractivity contribution in [3.05, 3.63) is 127 Å². The number of aliphatic imine (C=N–C) groups is 1. The number of benzene rings is 1. The molecule has 1 rings (SSSR count). The summed E-state index contributed by atoms with van der Waals surface area (Å²) in [5, 5.41) is 6.54. The molecule has 41 heavy (non-hydrogen) atoms. The first-order valence-electron chi connectivity index (χ1n) is 14.7. The molecule has 1 aromatic carbocycles. The van der Waals surface area contributed by atoms with E-state index in [0.717, 1.165) is 59.5 Å². The van der Waals surface area contributed by atoms with E-state index in [4.69, 9.17) is 0 Å². The van der Waals surface area contributed by atoms with Crippen molar-refractivity contribution in [1.29, 1.82) is 0 Å². The van der Waals surface area contributed by atoms with E-state index in [2.05, 4.69) is 61.4 Å². The number of ketones is 1. The highest BCUT2D eigenvalue weighted by Gasteiger charge is 2.16. The first kappa shape index (κ1) is 35.1. The van der Waals surface area contributed by atoms with Crippen molar-refractivity contribution in [2.75, 3.05) is 0 Å². The zero-order valence-corrected chi connectivity index (χ0v) is 26.2. The second-order valence-electron chi connectivity index (χ2n) is 10.3. The molecule has 0 bridgehead atoms. The molecule has 4 heteroatoms. The van der Waals surface area contributed by atoms with Crippen molar-refractivity contribution >= 4 is 17.1 Å². The Morgan fingerprint density at radius 1 is 1.05 bits per heavy atom. The average molecular weight is 554 g/mol. The van der Waals surface area contributed by atoms with Gasteiger partial charge in [-0.25, -0.2) is 0 Å². The summed E-state index contributed by atoms with van der Waals surface area (Å²) in [5.41, 5.74) is 6.64. The third-order valence-electron chi connectivity index (χ3n) is 6.71. The van der Waals surface area contributed by atoms with Crippen molar-refractivity contribution in [3.63, 3.8) is 0 Å². The van der Waals surface area contributed by atoms with Gasteiger partial charge in [-0.1, -0.05) is 88.6 Å². The summed E-state index contributed by atoms with van der Waals surface area (Å²) in [6, 6.07) is 9.73. The molecule has 0 radical (unpaired) electrons. The number of Topliss-reactive ketones (excluding diaryl/α,β-unsaturated/α-hetero) is 1. The van der Waals surface area contributed by atoms with Gasteiger partial charge in [0.05, 0.1) is 0 Å². The van der Waals surface area contributed by atoms with Gasteiger partial charge in [-0.2, -0.15) is 0 Å². The average Bonchev–Trinajstić information content (AvgIpc) is 2.94. The number of nitrogens with zero attached hydrogens (tertiary/aromatic N) is 1. The zero-order chi connectivity index (χ0) is 30.6. The number of unbranched alkanes of at least 4 members (excludes halogenated alkanes) is 1. The van der Waals surface area contributed by atoms with Crippen LogP contribution in [-0.4, -0.2) is 11.5 Å². The SMILES string of the molecule is C=CNC(=C/C(=C)N/C(C)=C/N=C(C=C)CCC(C)CCC=CCCC)/C(=C\C)C(/C)=C(/C(C)=O)c1ccccc1. The largest absolute Gasteiger partial charge is 0.362 e. The number of hydrogen-bond donors (Lipinski definition) is 2. The van der Waals surface area contributed by atoms with Crippen LogP contribution in [0.3, 0.4) is 0 Å². The summed E-state index contributed by atoms with van der Waals surface area (Å²) in [5.74, 6) is 0.648.